The van der Waals surface area contributed by atoms with Gasteiger partial charge in [-0.2, -0.15) is 5.10 Å². The average Bonchev–Trinajstić information content (AvgIpc) is 2.79. The van der Waals surface area contributed by atoms with Gasteiger partial charge in [0, 0.05) is 19.5 Å². The van der Waals surface area contributed by atoms with Crippen molar-refractivity contribution in [1.82, 2.24) is 9.78 Å². The fourth-order valence-electron chi connectivity index (χ4n) is 1.75. The van der Waals surface area contributed by atoms with Gasteiger partial charge in [0.15, 0.2) is 0 Å². The summed E-state index contributed by atoms with van der Waals surface area (Å²) in [5.74, 6) is 0. The summed E-state index contributed by atoms with van der Waals surface area (Å²) in [5, 5.41) is 6.46. The molecule has 0 saturated carbocycles. The van der Waals surface area contributed by atoms with Gasteiger partial charge in [-0.05, 0) is 55.8 Å². The van der Waals surface area contributed by atoms with E-state index in [0.717, 1.165) is 31.6 Å². The topological polar surface area (TPSA) is 43.8 Å². The zero-order valence-corrected chi connectivity index (χ0v) is 13.6. The SMILES string of the molecule is Cc1nn(C)c(CC(N)c2csc(Br)c2)c1Br. The molecule has 0 bridgehead atoms. The quantitative estimate of drug-likeness (QED) is 0.887. The first-order valence-electron chi connectivity index (χ1n) is 5.16. The van der Waals surface area contributed by atoms with E-state index in [1.807, 2.05) is 18.7 Å². The van der Waals surface area contributed by atoms with Gasteiger partial charge in [0.05, 0.1) is 19.6 Å². The van der Waals surface area contributed by atoms with Crippen molar-refractivity contribution in [2.75, 3.05) is 0 Å². The Bertz CT molecular complexity index is 533. The number of halogens is 2. The predicted octanol–water partition coefficient (Wildman–Crippen LogP) is 3.56. The lowest BCUT2D eigenvalue weighted by atomic mass is 10.1. The molecule has 0 spiro atoms. The molecule has 2 rings (SSSR count). The van der Waals surface area contributed by atoms with Gasteiger partial charge in [-0.25, -0.2) is 0 Å². The highest BCUT2D eigenvalue weighted by Crippen LogP contribution is 2.28. The minimum absolute atomic E-state index is 0.00338. The van der Waals surface area contributed by atoms with Crippen LogP contribution in [0.15, 0.2) is 19.7 Å². The highest BCUT2D eigenvalue weighted by Gasteiger charge is 2.16. The zero-order chi connectivity index (χ0) is 12.6. The summed E-state index contributed by atoms with van der Waals surface area (Å²) >= 11 is 8.68. The van der Waals surface area contributed by atoms with E-state index < -0.39 is 0 Å². The molecule has 2 aromatic heterocycles. The van der Waals surface area contributed by atoms with Gasteiger partial charge < -0.3 is 5.73 Å². The number of nitrogens with two attached hydrogens (primary N) is 1. The maximum atomic E-state index is 6.21. The molecule has 0 saturated heterocycles. The number of hydrogen-bond donors (Lipinski definition) is 1. The molecule has 92 valence electrons. The van der Waals surface area contributed by atoms with Crippen LogP contribution in [-0.2, 0) is 13.5 Å². The van der Waals surface area contributed by atoms with Crippen LogP contribution >= 0.6 is 43.2 Å². The van der Waals surface area contributed by atoms with Crippen LogP contribution in [-0.4, -0.2) is 9.78 Å². The third kappa shape index (κ3) is 2.81. The molecule has 0 aliphatic heterocycles. The monoisotopic (exact) mass is 377 g/mol. The lowest BCUT2D eigenvalue weighted by Gasteiger charge is -2.10. The first-order valence-corrected chi connectivity index (χ1v) is 7.63. The molecule has 1 atom stereocenters. The standard InChI is InChI=1S/C11H13Br2N3S/c1-6-11(13)9(16(2)15-6)4-8(14)7-3-10(12)17-5-7/h3,5,8H,4,14H2,1-2H3. The van der Waals surface area contributed by atoms with E-state index in [4.69, 9.17) is 5.73 Å². The van der Waals surface area contributed by atoms with Crippen LogP contribution in [0.1, 0.15) is 23.0 Å². The van der Waals surface area contributed by atoms with E-state index in [0.29, 0.717) is 0 Å². The molecule has 1 unspecified atom stereocenters. The van der Waals surface area contributed by atoms with Crippen molar-refractivity contribution in [3.63, 3.8) is 0 Å². The van der Waals surface area contributed by atoms with Gasteiger partial charge in [-0.15, -0.1) is 11.3 Å². The molecule has 0 aliphatic carbocycles. The Morgan fingerprint density at radius 3 is 2.71 bits per heavy atom. The van der Waals surface area contributed by atoms with Gasteiger partial charge >= 0.3 is 0 Å². The largest absolute Gasteiger partial charge is 0.324 e. The molecule has 2 N–H and O–H groups in total. The molecule has 6 heteroatoms. The van der Waals surface area contributed by atoms with Crippen LogP contribution in [0.5, 0.6) is 0 Å². The van der Waals surface area contributed by atoms with Crippen LogP contribution < -0.4 is 5.73 Å². The molecule has 3 nitrogen and oxygen atoms in total. The fraction of sp³-hybridized carbons (Fsp3) is 0.364. The van der Waals surface area contributed by atoms with E-state index in [1.54, 1.807) is 11.3 Å². The number of thiophene rings is 1. The second-order valence-corrected chi connectivity index (χ2v) is 7.05. The van der Waals surface area contributed by atoms with Crippen molar-refractivity contribution < 1.29 is 0 Å². The summed E-state index contributed by atoms with van der Waals surface area (Å²) in [5.41, 5.74) is 9.51. The van der Waals surface area contributed by atoms with E-state index in [1.165, 1.54) is 0 Å². The van der Waals surface area contributed by atoms with Crippen LogP contribution in [0.2, 0.25) is 0 Å². The fourth-order valence-corrected chi connectivity index (χ4v) is 3.48. The normalized spacial score (nSPS) is 13.0. The number of nitrogens with zero attached hydrogens (tertiary/aromatic N) is 2. The molecule has 0 amide bonds. The van der Waals surface area contributed by atoms with E-state index in [9.17, 15) is 0 Å². The van der Waals surface area contributed by atoms with Crippen molar-refractivity contribution in [2.24, 2.45) is 12.8 Å². The Hall–Kier alpha value is -0.170. The number of aromatic nitrogens is 2. The van der Waals surface area contributed by atoms with E-state index >= 15 is 0 Å². The lowest BCUT2D eigenvalue weighted by Crippen LogP contribution is -2.15. The van der Waals surface area contributed by atoms with Gasteiger partial charge in [0.1, 0.15) is 0 Å². The van der Waals surface area contributed by atoms with Crippen LogP contribution in [0, 0.1) is 6.92 Å². The summed E-state index contributed by atoms with van der Waals surface area (Å²) in [7, 11) is 1.95. The molecule has 0 aromatic carbocycles. The number of hydrogen-bond acceptors (Lipinski definition) is 3. The molecular formula is C11H13Br2N3S. The predicted molar refractivity (Wildman–Crippen MR) is 78.3 cm³/mol. The molecular weight excluding hydrogens is 366 g/mol. The number of aryl methyl sites for hydroxylation is 2. The molecule has 0 radical (unpaired) electrons. The molecule has 0 fully saturated rings. The maximum Gasteiger partial charge on any atom is 0.0738 e. The van der Waals surface area contributed by atoms with Gasteiger partial charge in [-0.3, -0.25) is 4.68 Å². The highest BCUT2D eigenvalue weighted by atomic mass is 79.9. The summed E-state index contributed by atoms with van der Waals surface area (Å²) < 4.78 is 4.06. The Kier molecular flexibility index (Phi) is 4.07. The summed E-state index contributed by atoms with van der Waals surface area (Å²) in [4.78, 5) is 0. The Labute approximate surface area is 121 Å². The van der Waals surface area contributed by atoms with Gasteiger partial charge in [-0.1, -0.05) is 0 Å². The van der Waals surface area contributed by atoms with Crippen molar-refractivity contribution in [2.45, 2.75) is 19.4 Å². The van der Waals surface area contributed by atoms with Gasteiger partial charge in [0.25, 0.3) is 0 Å². The van der Waals surface area contributed by atoms with Crippen LogP contribution in [0.4, 0.5) is 0 Å². The third-order valence-electron chi connectivity index (χ3n) is 2.69. The minimum atomic E-state index is 0.00338. The third-order valence-corrected chi connectivity index (χ3v) is 5.24. The Morgan fingerprint density at radius 2 is 2.24 bits per heavy atom. The Morgan fingerprint density at radius 1 is 1.53 bits per heavy atom. The lowest BCUT2D eigenvalue weighted by molar-refractivity contribution is 0.639. The Balaban J connectivity index is 2.21. The molecule has 17 heavy (non-hydrogen) atoms. The smallest absolute Gasteiger partial charge is 0.0738 e. The van der Waals surface area contributed by atoms with Crippen molar-refractivity contribution in [1.29, 1.82) is 0 Å². The van der Waals surface area contributed by atoms with Crippen LogP contribution in [0.25, 0.3) is 0 Å². The van der Waals surface area contributed by atoms with Crippen molar-refractivity contribution >= 4 is 43.2 Å². The highest BCUT2D eigenvalue weighted by molar-refractivity contribution is 9.11. The first kappa shape index (κ1) is 13.3. The van der Waals surface area contributed by atoms with Crippen molar-refractivity contribution in [3.05, 3.63) is 36.7 Å². The molecule has 0 aliphatic rings. The summed E-state index contributed by atoms with van der Waals surface area (Å²) in [6, 6.07) is 2.08. The van der Waals surface area contributed by atoms with Crippen LogP contribution in [0.3, 0.4) is 0 Å². The minimum Gasteiger partial charge on any atom is -0.324 e. The number of rotatable bonds is 3. The summed E-state index contributed by atoms with van der Waals surface area (Å²) in [6.45, 7) is 1.99. The second-order valence-electron chi connectivity index (χ2n) is 3.96. The van der Waals surface area contributed by atoms with E-state index in [2.05, 4.69) is 48.4 Å². The molecule has 2 heterocycles. The first-order chi connectivity index (χ1) is 7.99. The summed E-state index contributed by atoms with van der Waals surface area (Å²) in [6.07, 6.45) is 0.779. The second kappa shape index (κ2) is 5.22. The van der Waals surface area contributed by atoms with Gasteiger partial charge in [0.2, 0.25) is 0 Å². The maximum absolute atomic E-state index is 6.21. The van der Waals surface area contributed by atoms with E-state index in [-0.39, 0.29) is 6.04 Å². The zero-order valence-electron chi connectivity index (χ0n) is 9.58. The average molecular weight is 379 g/mol. The van der Waals surface area contributed by atoms with Crippen molar-refractivity contribution in [3.8, 4) is 0 Å². The molecule has 2 aromatic rings.